The zero-order valence-corrected chi connectivity index (χ0v) is 15.5. The molecule has 4 rings (SSSR count). The Labute approximate surface area is 155 Å². The number of hydrogen-bond donors (Lipinski definition) is 1. The Bertz CT molecular complexity index is 1210. The second-order valence-corrected chi connectivity index (χ2v) is 6.13. The van der Waals surface area contributed by atoms with Gasteiger partial charge in [0.05, 0.1) is 43.6 Å². The van der Waals surface area contributed by atoms with Crippen LogP contribution in [0.3, 0.4) is 0 Å². The summed E-state index contributed by atoms with van der Waals surface area (Å²) >= 11 is 0. The van der Waals surface area contributed by atoms with Crippen molar-refractivity contribution in [3.05, 3.63) is 52.4 Å². The SMILES string of the molecule is COc1ccc(-n2nc(C)c3c([nH]c4cc(OC)cc(OC)c43)c2=O)cc1. The summed E-state index contributed by atoms with van der Waals surface area (Å²) in [5.74, 6) is 1.99. The van der Waals surface area contributed by atoms with Crippen LogP contribution >= 0.6 is 0 Å². The van der Waals surface area contributed by atoms with Gasteiger partial charge in [-0.25, -0.2) is 0 Å². The van der Waals surface area contributed by atoms with Crippen molar-refractivity contribution in [2.45, 2.75) is 6.92 Å². The molecule has 0 unspecified atom stereocenters. The van der Waals surface area contributed by atoms with Crippen LogP contribution in [0.5, 0.6) is 17.2 Å². The number of aromatic nitrogens is 3. The first kappa shape index (κ1) is 17.0. The highest BCUT2D eigenvalue weighted by atomic mass is 16.5. The van der Waals surface area contributed by atoms with E-state index in [0.29, 0.717) is 28.5 Å². The smallest absolute Gasteiger partial charge is 0.295 e. The van der Waals surface area contributed by atoms with Gasteiger partial charge in [0.2, 0.25) is 0 Å². The van der Waals surface area contributed by atoms with E-state index in [2.05, 4.69) is 10.1 Å². The molecule has 1 N–H and O–H groups in total. The van der Waals surface area contributed by atoms with E-state index in [0.717, 1.165) is 22.0 Å². The molecule has 27 heavy (non-hydrogen) atoms. The molecule has 2 heterocycles. The molecule has 0 spiro atoms. The molecule has 0 aliphatic rings. The summed E-state index contributed by atoms with van der Waals surface area (Å²) in [5, 5.41) is 6.09. The lowest BCUT2D eigenvalue weighted by molar-refractivity contribution is 0.398. The molecule has 0 bridgehead atoms. The van der Waals surface area contributed by atoms with Crippen molar-refractivity contribution in [1.29, 1.82) is 0 Å². The predicted octanol–water partition coefficient (Wildman–Crippen LogP) is 3.20. The van der Waals surface area contributed by atoms with Crippen LogP contribution in [0.2, 0.25) is 0 Å². The summed E-state index contributed by atoms with van der Waals surface area (Å²) in [6.07, 6.45) is 0. The first-order chi connectivity index (χ1) is 13.1. The van der Waals surface area contributed by atoms with Gasteiger partial charge in [-0.1, -0.05) is 0 Å². The summed E-state index contributed by atoms with van der Waals surface area (Å²) < 4.78 is 17.4. The molecule has 0 saturated carbocycles. The summed E-state index contributed by atoms with van der Waals surface area (Å²) in [7, 11) is 4.78. The normalized spacial score (nSPS) is 11.1. The quantitative estimate of drug-likeness (QED) is 0.601. The van der Waals surface area contributed by atoms with Crippen molar-refractivity contribution in [1.82, 2.24) is 14.8 Å². The number of nitrogens with one attached hydrogen (secondary N) is 1. The molecule has 7 heteroatoms. The minimum atomic E-state index is -0.238. The average molecular weight is 365 g/mol. The van der Waals surface area contributed by atoms with E-state index in [1.54, 1.807) is 51.7 Å². The van der Waals surface area contributed by atoms with E-state index in [1.165, 1.54) is 4.68 Å². The molecule has 138 valence electrons. The van der Waals surface area contributed by atoms with E-state index in [4.69, 9.17) is 14.2 Å². The molecule has 0 amide bonds. The maximum Gasteiger partial charge on any atom is 0.295 e. The largest absolute Gasteiger partial charge is 0.497 e. The van der Waals surface area contributed by atoms with Gasteiger partial charge in [0, 0.05) is 17.5 Å². The zero-order valence-electron chi connectivity index (χ0n) is 15.5. The Morgan fingerprint density at radius 3 is 2.26 bits per heavy atom. The van der Waals surface area contributed by atoms with Gasteiger partial charge in [0.25, 0.3) is 5.56 Å². The van der Waals surface area contributed by atoms with Gasteiger partial charge >= 0.3 is 0 Å². The summed E-state index contributed by atoms with van der Waals surface area (Å²) in [4.78, 5) is 16.3. The Morgan fingerprint density at radius 2 is 1.63 bits per heavy atom. The Balaban J connectivity index is 2.04. The van der Waals surface area contributed by atoms with Crippen LogP contribution < -0.4 is 19.8 Å². The Hall–Kier alpha value is -3.48. The molecule has 0 fully saturated rings. The second kappa shape index (κ2) is 6.35. The molecule has 2 aromatic heterocycles. The number of fused-ring (bicyclic) bond motifs is 3. The third-order valence-electron chi connectivity index (χ3n) is 4.63. The number of methoxy groups -OCH3 is 3. The first-order valence-electron chi connectivity index (χ1n) is 8.39. The number of benzene rings is 2. The highest BCUT2D eigenvalue weighted by molar-refractivity contribution is 6.11. The van der Waals surface area contributed by atoms with Gasteiger partial charge in [0.1, 0.15) is 22.8 Å². The van der Waals surface area contributed by atoms with Gasteiger partial charge in [0.15, 0.2) is 0 Å². The molecule has 0 aliphatic carbocycles. The van der Waals surface area contributed by atoms with E-state index in [1.807, 2.05) is 13.0 Å². The second-order valence-electron chi connectivity index (χ2n) is 6.13. The highest BCUT2D eigenvalue weighted by Gasteiger charge is 2.18. The molecule has 2 aromatic carbocycles. The van der Waals surface area contributed by atoms with Crippen LogP contribution in [-0.2, 0) is 0 Å². The fraction of sp³-hybridized carbons (Fsp3) is 0.200. The fourth-order valence-electron chi connectivity index (χ4n) is 3.32. The van der Waals surface area contributed by atoms with Crippen LogP contribution in [-0.4, -0.2) is 36.1 Å². The summed E-state index contributed by atoms with van der Waals surface area (Å²) in [6, 6.07) is 10.8. The average Bonchev–Trinajstić information content (AvgIpc) is 3.10. The number of rotatable bonds is 4. The zero-order chi connectivity index (χ0) is 19.1. The number of nitrogens with zero attached hydrogens (tertiary/aromatic N) is 2. The lowest BCUT2D eigenvalue weighted by Crippen LogP contribution is -2.22. The number of ether oxygens (including phenoxy) is 3. The molecular weight excluding hydrogens is 346 g/mol. The highest BCUT2D eigenvalue weighted by Crippen LogP contribution is 2.36. The molecule has 0 aliphatic heterocycles. The lowest BCUT2D eigenvalue weighted by Gasteiger charge is -2.09. The molecular formula is C20H19N3O4. The van der Waals surface area contributed by atoms with E-state index in [-0.39, 0.29) is 5.56 Å². The summed E-state index contributed by atoms with van der Waals surface area (Å²) in [5.41, 5.74) is 2.37. The number of aromatic amines is 1. The predicted molar refractivity (Wildman–Crippen MR) is 104 cm³/mol. The topological polar surface area (TPSA) is 78.4 Å². The lowest BCUT2D eigenvalue weighted by atomic mass is 10.1. The van der Waals surface area contributed by atoms with Crippen molar-refractivity contribution >= 4 is 21.8 Å². The maximum atomic E-state index is 13.1. The number of hydrogen-bond acceptors (Lipinski definition) is 5. The Morgan fingerprint density at radius 1 is 0.926 bits per heavy atom. The molecule has 0 saturated heterocycles. The van der Waals surface area contributed by atoms with Crippen molar-refractivity contribution in [3.8, 4) is 22.9 Å². The third-order valence-corrected chi connectivity index (χ3v) is 4.63. The van der Waals surface area contributed by atoms with Crippen molar-refractivity contribution in [3.63, 3.8) is 0 Å². The van der Waals surface area contributed by atoms with Crippen molar-refractivity contribution < 1.29 is 14.2 Å². The monoisotopic (exact) mass is 365 g/mol. The molecule has 0 radical (unpaired) electrons. The van der Waals surface area contributed by atoms with Crippen molar-refractivity contribution in [2.24, 2.45) is 0 Å². The Kier molecular flexibility index (Phi) is 3.99. The molecule has 0 atom stereocenters. The van der Waals surface area contributed by atoms with Gasteiger partial charge in [-0.3, -0.25) is 4.79 Å². The van der Waals surface area contributed by atoms with Crippen LogP contribution in [0.1, 0.15) is 5.69 Å². The van der Waals surface area contributed by atoms with E-state index in [9.17, 15) is 4.79 Å². The first-order valence-corrected chi connectivity index (χ1v) is 8.39. The molecule has 4 aromatic rings. The molecule has 7 nitrogen and oxygen atoms in total. The fourth-order valence-corrected chi connectivity index (χ4v) is 3.32. The van der Waals surface area contributed by atoms with Gasteiger partial charge in [-0.2, -0.15) is 9.78 Å². The summed E-state index contributed by atoms with van der Waals surface area (Å²) in [6.45, 7) is 1.87. The van der Waals surface area contributed by atoms with E-state index < -0.39 is 0 Å². The van der Waals surface area contributed by atoms with Crippen LogP contribution in [0.4, 0.5) is 0 Å². The third kappa shape index (κ3) is 2.59. The maximum absolute atomic E-state index is 13.1. The van der Waals surface area contributed by atoms with Crippen LogP contribution in [0.25, 0.3) is 27.5 Å². The number of H-pyrrole nitrogens is 1. The number of aryl methyl sites for hydroxylation is 1. The van der Waals surface area contributed by atoms with Gasteiger partial charge in [-0.15, -0.1) is 0 Å². The standard InChI is InChI=1S/C20H19N3O4/c1-11-17-18-15(9-14(26-3)10-16(18)27-4)21-19(17)20(24)23(22-11)12-5-7-13(25-2)8-6-12/h5-10,21H,1-4H3. The van der Waals surface area contributed by atoms with Gasteiger partial charge in [-0.05, 0) is 31.2 Å². The van der Waals surface area contributed by atoms with Crippen LogP contribution in [0.15, 0.2) is 41.2 Å². The van der Waals surface area contributed by atoms with Crippen LogP contribution in [0, 0.1) is 6.92 Å². The van der Waals surface area contributed by atoms with Gasteiger partial charge < -0.3 is 19.2 Å². The van der Waals surface area contributed by atoms with Crippen molar-refractivity contribution in [2.75, 3.05) is 21.3 Å². The minimum absolute atomic E-state index is 0.238. The van der Waals surface area contributed by atoms with E-state index >= 15 is 0 Å². The minimum Gasteiger partial charge on any atom is -0.497 e.